The average molecular weight is 236 g/mol. The molecule has 5 heteroatoms. The van der Waals surface area contributed by atoms with Crippen LogP contribution < -0.4 is 15.4 Å². The first kappa shape index (κ1) is 12.0. The van der Waals surface area contributed by atoms with E-state index < -0.39 is 0 Å². The Morgan fingerprint density at radius 1 is 1.41 bits per heavy atom. The number of hydrogen-bond acceptors (Lipinski definition) is 5. The van der Waals surface area contributed by atoms with Gasteiger partial charge in [0.25, 0.3) is 0 Å². The zero-order valence-corrected chi connectivity index (χ0v) is 10.7. The van der Waals surface area contributed by atoms with Crippen molar-refractivity contribution in [2.75, 3.05) is 24.3 Å². The van der Waals surface area contributed by atoms with Crippen LogP contribution in [0, 0.1) is 5.92 Å². The molecule has 1 aliphatic heterocycles. The highest BCUT2D eigenvalue weighted by molar-refractivity contribution is 5.68. The fourth-order valence-corrected chi connectivity index (χ4v) is 2.48. The summed E-state index contributed by atoms with van der Waals surface area (Å²) in [4.78, 5) is 10.6. The van der Waals surface area contributed by atoms with E-state index in [-0.39, 0.29) is 0 Å². The molecule has 1 fully saturated rings. The second-order valence-electron chi connectivity index (χ2n) is 4.79. The number of rotatable bonds is 2. The van der Waals surface area contributed by atoms with E-state index in [9.17, 15) is 0 Å². The number of piperidine rings is 1. The lowest BCUT2D eigenvalue weighted by Crippen LogP contribution is -2.41. The van der Waals surface area contributed by atoms with E-state index in [0.29, 0.717) is 17.6 Å². The first-order valence-corrected chi connectivity index (χ1v) is 6.04. The van der Waals surface area contributed by atoms with Gasteiger partial charge < -0.3 is 15.4 Å². The zero-order chi connectivity index (χ0) is 12.4. The smallest absolute Gasteiger partial charge is 0.242 e. The topological polar surface area (TPSA) is 64.3 Å². The van der Waals surface area contributed by atoms with E-state index in [1.807, 2.05) is 0 Å². The Morgan fingerprint density at radius 3 is 2.82 bits per heavy atom. The lowest BCUT2D eigenvalue weighted by atomic mass is 9.93. The molecule has 1 aliphatic rings. The maximum Gasteiger partial charge on any atom is 0.242 e. The minimum absolute atomic E-state index is 0.459. The third-order valence-electron chi connectivity index (χ3n) is 3.43. The summed E-state index contributed by atoms with van der Waals surface area (Å²) in [5.74, 6) is 2.03. The maximum absolute atomic E-state index is 6.03. The van der Waals surface area contributed by atoms with E-state index in [4.69, 9.17) is 10.5 Å². The number of nitrogens with zero attached hydrogens (tertiary/aromatic N) is 3. The number of methoxy groups -OCH3 is 1. The quantitative estimate of drug-likeness (QED) is 0.846. The van der Waals surface area contributed by atoms with Gasteiger partial charge in [0, 0.05) is 12.6 Å². The SMILES string of the molecule is COc1ncnc(N2CCC(C)CC2C)c1N. The van der Waals surface area contributed by atoms with Crippen molar-refractivity contribution in [3.8, 4) is 5.88 Å². The summed E-state index contributed by atoms with van der Waals surface area (Å²) in [5.41, 5.74) is 6.57. The fraction of sp³-hybridized carbons (Fsp3) is 0.667. The minimum atomic E-state index is 0.459. The van der Waals surface area contributed by atoms with E-state index in [1.54, 1.807) is 7.11 Å². The van der Waals surface area contributed by atoms with Crippen LogP contribution in [0.5, 0.6) is 5.88 Å². The molecule has 0 radical (unpaired) electrons. The van der Waals surface area contributed by atoms with Gasteiger partial charge in [-0.2, -0.15) is 4.98 Å². The van der Waals surface area contributed by atoms with Crippen LogP contribution in [0.4, 0.5) is 11.5 Å². The fourth-order valence-electron chi connectivity index (χ4n) is 2.48. The molecule has 2 rings (SSSR count). The van der Waals surface area contributed by atoms with Crippen LogP contribution in [0.1, 0.15) is 26.7 Å². The first-order chi connectivity index (χ1) is 8.13. The predicted molar refractivity (Wildman–Crippen MR) is 68.2 cm³/mol. The molecule has 0 saturated carbocycles. The second-order valence-corrected chi connectivity index (χ2v) is 4.79. The van der Waals surface area contributed by atoms with Crippen molar-refractivity contribution >= 4 is 11.5 Å². The normalized spacial score (nSPS) is 24.8. The van der Waals surface area contributed by atoms with E-state index >= 15 is 0 Å². The molecule has 0 spiro atoms. The summed E-state index contributed by atoms with van der Waals surface area (Å²) in [7, 11) is 1.57. The first-order valence-electron chi connectivity index (χ1n) is 6.04. The van der Waals surface area contributed by atoms with Gasteiger partial charge in [0.2, 0.25) is 5.88 Å². The molecule has 17 heavy (non-hydrogen) atoms. The second kappa shape index (κ2) is 4.77. The van der Waals surface area contributed by atoms with Crippen molar-refractivity contribution in [3.63, 3.8) is 0 Å². The molecule has 2 atom stereocenters. The van der Waals surface area contributed by atoms with Crippen molar-refractivity contribution in [1.29, 1.82) is 0 Å². The predicted octanol–water partition coefficient (Wildman–Crippen LogP) is 1.69. The molecule has 94 valence electrons. The van der Waals surface area contributed by atoms with Crippen molar-refractivity contribution < 1.29 is 4.74 Å². The van der Waals surface area contributed by atoms with E-state index in [0.717, 1.165) is 18.3 Å². The third-order valence-corrected chi connectivity index (χ3v) is 3.43. The van der Waals surface area contributed by atoms with Crippen LogP contribution in [0.2, 0.25) is 0 Å². The van der Waals surface area contributed by atoms with Crippen molar-refractivity contribution in [1.82, 2.24) is 9.97 Å². The highest BCUT2D eigenvalue weighted by Crippen LogP contribution is 2.33. The number of nitrogens with two attached hydrogens (primary N) is 1. The Labute approximate surface area is 102 Å². The highest BCUT2D eigenvalue weighted by atomic mass is 16.5. The number of aromatic nitrogens is 2. The number of anilines is 2. The van der Waals surface area contributed by atoms with Crippen LogP contribution >= 0.6 is 0 Å². The van der Waals surface area contributed by atoms with E-state index in [2.05, 4.69) is 28.7 Å². The molecular formula is C12H20N4O. The molecule has 1 saturated heterocycles. The molecule has 2 unspecified atom stereocenters. The number of hydrogen-bond donors (Lipinski definition) is 1. The Kier molecular flexibility index (Phi) is 3.36. The van der Waals surface area contributed by atoms with Crippen LogP contribution in [-0.4, -0.2) is 29.7 Å². The van der Waals surface area contributed by atoms with Gasteiger partial charge in [-0.15, -0.1) is 0 Å². The van der Waals surface area contributed by atoms with Gasteiger partial charge in [0.05, 0.1) is 7.11 Å². The largest absolute Gasteiger partial charge is 0.479 e. The van der Waals surface area contributed by atoms with Crippen LogP contribution in [-0.2, 0) is 0 Å². The Bertz CT molecular complexity index is 396. The molecule has 0 bridgehead atoms. The lowest BCUT2D eigenvalue weighted by molar-refractivity contribution is 0.373. The monoisotopic (exact) mass is 236 g/mol. The summed E-state index contributed by atoms with van der Waals surface area (Å²) >= 11 is 0. The number of nitrogen functional groups attached to an aromatic ring is 1. The van der Waals surface area contributed by atoms with Crippen molar-refractivity contribution in [2.45, 2.75) is 32.7 Å². The van der Waals surface area contributed by atoms with Crippen molar-refractivity contribution in [3.05, 3.63) is 6.33 Å². The molecule has 1 aromatic heterocycles. The lowest BCUT2D eigenvalue weighted by Gasteiger charge is -2.37. The molecule has 0 aliphatic carbocycles. The Morgan fingerprint density at radius 2 is 2.18 bits per heavy atom. The molecule has 2 heterocycles. The zero-order valence-electron chi connectivity index (χ0n) is 10.7. The van der Waals surface area contributed by atoms with Crippen LogP contribution in [0.3, 0.4) is 0 Å². The third kappa shape index (κ3) is 2.28. The standard InChI is InChI=1S/C12H20N4O/c1-8-4-5-16(9(2)6-8)11-10(13)12(17-3)15-7-14-11/h7-9H,4-6,13H2,1-3H3. The molecule has 0 amide bonds. The Balaban J connectivity index is 2.28. The number of ether oxygens (including phenoxy) is 1. The van der Waals surface area contributed by atoms with Gasteiger partial charge >= 0.3 is 0 Å². The summed E-state index contributed by atoms with van der Waals surface area (Å²) in [5, 5.41) is 0. The summed E-state index contributed by atoms with van der Waals surface area (Å²) in [6, 6.07) is 0.459. The molecule has 5 nitrogen and oxygen atoms in total. The van der Waals surface area contributed by atoms with Crippen LogP contribution in [0.25, 0.3) is 0 Å². The Hall–Kier alpha value is -1.52. The summed E-state index contributed by atoms with van der Waals surface area (Å²) in [6.07, 6.45) is 3.86. The maximum atomic E-state index is 6.03. The van der Waals surface area contributed by atoms with Crippen molar-refractivity contribution in [2.24, 2.45) is 5.92 Å². The van der Waals surface area contributed by atoms with E-state index in [1.165, 1.54) is 19.2 Å². The van der Waals surface area contributed by atoms with Gasteiger partial charge in [-0.3, -0.25) is 0 Å². The van der Waals surface area contributed by atoms with Gasteiger partial charge in [0.1, 0.15) is 12.0 Å². The molecule has 2 N–H and O–H groups in total. The minimum Gasteiger partial charge on any atom is -0.479 e. The average Bonchev–Trinajstić information content (AvgIpc) is 2.30. The molecule has 0 aromatic carbocycles. The molecule has 1 aromatic rings. The van der Waals surface area contributed by atoms with Gasteiger partial charge in [0.15, 0.2) is 5.82 Å². The van der Waals surface area contributed by atoms with Gasteiger partial charge in [-0.1, -0.05) is 6.92 Å². The van der Waals surface area contributed by atoms with Crippen LogP contribution in [0.15, 0.2) is 6.33 Å². The van der Waals surface area contributed by atoms with Gasteiger partial charge in [-0.05, 0) is 25.7 Å². The highest BCUT2D eigenvalue weighted by Gasteiger charge is 2.26. The summed E-state index contributed by atoms with van der Waals surface area (Å²) < 4.78 is 5.13. The van der Waals surface area contributed by atoms with Gasteiger partial charge in [-0.25, -0.2) is 4.98 Å². The summed E-state index contributed by atoms with van der Waals surface area (Å²) in [6.45, 7) is 5.49. The molecular weight excluding hydrogens is 216 g/mol.